The summed E-state index contributed by atoms with van der Waals surface area (Å²) in [6, 6.07) is 4.41. The summed E-state index contributed by atoms with van der Waals surface area (Å²) in [5.74, 6) is 0.602. The maximum Gasteiger partial charge on any atom is 0.222 e. The molecule has 2 heterocycles. The number of hydrogen-bond donors (Lipinski definition) is 2. The second-order valence-corrected chi connectivity index (χ2v) is 6.20. The highest BCUT2D eigenvalue weighted by Gasteiger charge is 2.10. The number of nitrogens with zero attached hydrogens (tertiary/aromatic N) is 1. The molecule has 0 aliphatic rings. The molecule has 2 aromatic heterocycles. The SMILES string of the molecule is Cc1cc2c(OCC(O)CNC(C)C)nccc2s1. The van der Waals surface area contributed by atoms with Crippen LogP contribution in [0.25, 0.3) is 10.1 Å². The fourth-order valence-corrected chi connectivity index (χ4v) is 2.69. The molecule has 0 aliphatic carbocycles. The van der Waals surface area contributed by atoms with Crippen molar-refractivity contribution in [2.24, 2.45) is 0 Å². The van der Waals surface area contributed by atoms with E-state index in [9.17, 15) is 5.11 Å². The molecule has 0 bridgehead atoms. The van der Waals surface area contributed by atoms with E-state index < -0.39 is 6.10 Å². The van der Waals surface area contributed by atoms with E-state index in [1.54, 1.807) is 17.5 Å². The van der Waals surface area contributed by atoms with Gasteiger partial charge in [-0.2, -0.15) is 0 Å². The van der Waals surface area contributed by atoms with Crippen molar-refractivity contribution >= 4 is 21.4 Å². The van der Waals surface area contributed by atoms with Gasteiger partial charge in [0.15, 0.2) is 0 Å². The van der Waals surface area contributed by atoms with Gasteiger partial charge in [-0.15, -0.1) is 11.3 Å². The third kappa shape index (κ3) is 3.89. The van der Waals surface area contributed by atoms with Gasteiger partial charge in [0.1, 0.15) is 12.7 Å². The maximum atomic E-state index is 9.82. The molecule has 0 radical (unpaired) electrons. The zero-order chi connectivity index (χ0) is 13.8. The van der Waals surface area contributed by atoms with E-state index >= 15 is 0 Å². The number of aryl methyl sites for hydroxylation is 1. The molecule has 0 saturated heterocycles. The Morgan fingerprint density at radius 3 is 3.00 bits per heavy atom. The van der Waals surface area contributed by atoms with Gasteiger partial charge in [-0.05, 0) is 19.1 Å². The number of aliphatic hydroxyl groups is 1. The molecule has 2 aromatic rings. The van der Waals surface area contributed by atoms with Gasteiger partial charge in [0.2, 0.25) is 5.88 Å². The number of aromatic nitrogens is 1. The molecule has 2 N–H and O–H groups in total. The Labute approximate surface area is 117 Å². The van der Waals surface area contributed by atoms with Crippen molar-refractivity contribution in [3.63, 3.8) is 0 Å². The van der Waals surface area contributed by atoms with Crippen LogP contribution in [0, 0.1) is 6.92 Å². The zero-order valence-corrected chi connectivity index (χ0v) is 12.3. The number of rotatable bonds is 6. The lowest BCUT2D eigenvalue weighted by Gasteiger charge is -2.14. The molecule has 19 heavy (non-hydrogen) atoms. The van der Waals surface area contributed by atoms with Crippen LogP contribution in [0.4, 0.5) is 0 Å². The van der Waals surface area contributed by atoms with E-state index in [0.29, 0.717) is 18.5 Å². The predicted octanol–water partition coefficient (Wildman–Crippen LogP) is 2.34. The lowest BCUT2D eigenvalue weighted by molar-refractivity contribution is 0.103. The predicted molar refractivity (Wildman–Crippen MR) is 79.0 cm³/mol. The Morgan fingerprint density at radius 2 is 2.26 bits per heavy atom. The Hall–Kier alpha value is -1.17. The summed E-state index contributed by atoms with van der Waals surface area (Å²) in [6.45, 7) is 6.93. The second kappa shape index (κ2) is 6.32. The molecule has 1 atom stereocenters. The maximum absolute atomic E-state index is 9.82. The van der Waals surface area contributed by atoms with E-state index in [0.717, 1.165) is 10.1 Å². The summed E-state index contributed by atoms with van der Waals surface area (Å²) in [6.07, 6.45) is 1.21. The average molecular weight is 280 g/mol. The van der Waals surface area contributed by atoms with E-state index in [4.69, 9.17) is 4.74 Å². The first-order chi connectivity index (χ1) is 9.06. The number of ether oxygens (including phenoxy) is 1. The summed E-state index contributed by atoms with van der Waals surface area (Å²) in [7, 11) is 0. The first kappa shape index (κ1) is 14.2. The quantitative estimate of drug-likeness (QED) is 0.853. The van der Waals surface area contributed by atoms with E-state index in [-0.39, 0.29) is 6.61 Å². The number of aliphatic hydroxyl groups excluding tert-OH is 1. The highest BCUT2D eigenvalue weighted by atomic mass is 32.1. The van der Waals surface area contributed by atoms with Gasteiger partial charge in [-0.3, -0.25) is 0 Å². The number of hydrogen-bond acceptors (Lipinski definition) is 5. The lowest BCUT2D eigenvalue weighted by Crippen LogP contribution is -2.35. The van der Waals surface area contributed by atoms with Gasteiger partial charge in [-0.1, -0.05) is 13.8 Å². The number of pyridine rings is 1. The smallest absolute Gasteiger partial charge is 0.222 e. The molecule has 4 nitrogen and oxygen atoms in total. The van der Waals surface area contributed by atoms with Crippen LogP contribution in [0.3, 0.4) is 0 Å². The van der Waals surface area contributed by atoms with Gasteiger partial charge < -0.3 is 15.2 Å². The first-order valence-electron chi connectivity index (χ1n) is 6.45. The van der Waals surface area contributed by atoms with Crippen molar-refractivity contribution in [3.05, 3.63) is 23.2 Å². The molecule has 0 saturated carbocycles. The molecule has 5 heteroatoms. The van der Waals surface area contributed by atoms with Gasteiger partial charge in [-0.25, -0.2) is 4.98 Å². The summed E-state index contributed by atoms with van der Waals surface area (Å²) < 4.78 is 6.80. The molecule has 0 spiro atoms. The monoisotopic (exact) mass is 280 g/mol. The molecule has 0 aliphatic heterocycles. The molecule has 1 unspecified atom stereocenters. The largest absolute Gasteiger partial charge is 0.474 e. The molecular weight excluding hydrogens is 260 g/mol. The summed E-state index contributed by atoms with van der Waals surface area (Å²) in [5, 5.41) is 14.0. The van der Waals surface area contributed by atoms with Crippen molar-refractivity contribution in [3.8, 4) is 5.88 Å². The minimum atomic E-state index is -0.529. The average Bonchev–Trinajstić information content (AvgIpc) is 2.74. The van der Waals surface area contributed by atoms with E-state index in [1.165, 1.54) is 4.88 Å². The summed E-state index contributed by atoms with van der Waals surface area (Å²) in [4.78, 5) is 5.47. The third-order valence-corrected chi connectivity index (χ3v) is 3.72. The van der Waals surface area contributed by atoms with Gasteiger partial charge in [0.05, 0.1) is 5.39 Å². The zero-order valence-electron chi connectivity index (χ0n) is 11.5. The Kier molecular flexibility index (Phi) is 4.74. The van der Waals surface area contributed by atoms with Crippen LogP contribution in [0.15, 0.2) is 18.3 Å². The van der Waals surface area contributed by atoms with Crippen LogP contribution in [0.5, 0.6) is 5.88 Å². The fourth-order valence-electron chi connectivity index (χ4n) is 1.79. The van der Waals surface area contributed by atoms with Crippen LogP contribution in [-0.2, 0) is 0 Å². The first-order valence-corrected chi connectivity index (χ1v) is 7.27. The summed E-state index contributed by atoms with van der Waals surface area (Å²) >= 11 is 1.72. The highest BCUT2D eigenvalue weighted by molar-refractivity contribution is 7.19. The number of thiophene rings is 1. The van der Waals surface area contributed by atoms with Crippen molar-refractivity contribution in [2.75, 3.05) is 13.2 Å². The molecular formula is C14H20N2O2S. The molecule has 2 rings (SSSR count). The minimum Gasteiger partial charge on any atom is -0.474 e. The standard InChI is InChI=1S/C14H20N2O2S/c1-9(2)16-7-11(17)8-18-14-12-6-10(3)19-13(12)4-5-15-14/h4-6,9,11,16-17H,7-8H2,1-3H3. The number of nitrogens with one attached hydrogen (secondary N) is 1. The minimum absolute atomic E-state index is 0.251. The highest BCUT2D eigenvalue weighted by Crippen LogP contribution is 2.30. The van der Waals surface area contributed by atoms with Crippen LogP contribution in [-0.4, -0.2) is 35.4 Å². The Bertz CT molecular complexity index is 539. The van der Waals surface area contributed by atoms with Crippen molar-refractivity contribution in [1.82, 2.24) is 10.3 Å². The summed E-state index contributed by atoms with van der Waals surface area (Å²) in [5.41, 5.74) is 0. The van der Waals surface area contributed by atoms with Crippen molar-refractivity contribution in [1.29, 1.82) is 0 Å². The molecule has 104 valence electrons. The second-order valence-electron chi connectivity index (χ2n) is 4.91. The Morgan fingerprint density at radius 1 is 1.47 bits per heavy atom. The normalized spacial score (nSPS) is 13.1. The van der Waals surface area contributed by atoms with Gasteiger partial charge in [0.25, 0.3) is 0 Å². The fraction of sp³-hybridized carbons (Fsp3) is 0.500. The lowest BCUT2D eigenvalue weighted by atomic mass is 10.3. The van der Waals surface area contributed by atoms with Gasteiger partial charge >= 0.3 is 0 Å². The van der Waals surface area contributed by atoms with Crippen LogP contribution in [0.1, 0.15) is 18.7 Å². The van der Waals surface area contributed by atoms with Crippen molar-refractivity contribution < 1.29 is 9.84 Å². The van der Waals surface area contributed by atoms with Gasteiger partial charge in [0, 0.05) is 28.4 Å². The van der Waals surface area contributed by atoms with E-state index in [2.05, 4.69) is 23.3 Å². The van der Waals surface area contributed by atoms with Crippen LogP contribution < -0.4 is 10.1 Å². The van der Waals surface area contributed by atoms with E-state index in [1.807, 2.05) is 19.9 Å². The molecule has 0 aromatic carbocycles. The molecule has 0 fully saturated rings. The van der Waals surface area contributed by atoms with Crippen molar-refractivity contribution in [2.45, 2.75) is 32.9 Å². The number of fused-ring (bicyclic) bond motifs is 1. The van der Waals surface area contributed by atoms with Crippen LogP contribution in [0.2, 0.25) is 0 Å². The molecule has 0 amide bonds. The Balaban J connectivity index is 1.97. The third-order valence-electron chi connectivity index (χ3n) is 2.71. The van der Waals surface area contributed by atoms with Crippen LogP contribution >= 0.6 is 11.3 Å². The topological polar surface area (TPSA) is 54.4 Å².